The Balaban J connectivity index is 0.00000216. The number of carboxylic acid groups (broad SMARTS) is 1. The van der Waals surface area contributed by atoms with Crippen LogP contribution in [-0.2, 0) is 41.6 Å². The number of nitrogens with zero attached hydrogens (tertiary/aromatic N) is 1. The largest absolute Gasteiger partial charge is 0.508 e. The summed E-state index contributed by atoms with van der Waals surface area (Å²) in [4.78, 5) is 49.2. The van der Waals surface area contributed by atoms with Crippen molar-refractivity contribution < 1.29 is 43.6 Å². The molecule has 4 N–H and O–H groups in total. The molecule has 0 aliphatic carbocycles. The van der Waals surface area contributed by atoms with E-state index >= 15 is 0 Å². The predicted molar refractivity (Wildman–Crippen MR) is 163 cm³/mol. The summed E-state index contributed by atoms with van der Waals surface area (Å²) < 4.78 is 16.5. The minimum absolute atomic E-state index is 0.0982. The van der Waals surface area contributed by atoms with E-state index in [4.69, 9.17) is 24.1 Å². The summed E-state index contributed by atoms with van der Waals surface area (Å²) in [6, 6.07) is 14.4. The zero-order valence-corrected chi connectivity index (χ0v) is 25.6. The fourth-order valence-electron chi connectivity index (χ4n) is 4.89. The number of phenolic OH excluding ortho intramolecular Hbond substituents is 1. The topological polar surface area (TPSA) is 164 Å². The van der Waals surface area contributed by atoms with E-state index < -0.39 is 5.41 Å². The molecule has 2 bridgehead atoms. The third-order valence-electron chi connectivity index (χ3n) is 7.12. The first-order chi connectivity index (χ1) is 21.2. The number of ether oxygens (including phenoxy) is 3. The number of hydrogen-bond donors (Lipinski definition) is 4. The lowest BCUT2D eigenvalue weighted by Crippen LogP contribution is -2.46. The van der Waals surface area contributed by atoms with Crippen LogP contribution < -0.4 is 15.4 Å². The third-order valence-corrected chi connectivity index (χ3v) is 7.12. The molecule has 0 saturated carbocycles. The SMILES string of the molecule is CCOC(=O)C1(CCOC)CNC(=O)CCCN(Cc2cccc(O)c2)CCCNC(=O)COc2ccc(cc2)C1.O=CO. The molecule has 44 heavy (non-hydrogen) atoms. The first-order valence-electron chi connectivity index (χ1n) is 14.7. The number of esters is 1. The van der Waals surface area contributed by atoms with E-state index in [9.17, 15) is 19.5 Å². The smallest absolute Gasteiger partial charge is 0.314 e. The van der Waals surface area contributed by atoms with Gasteiger partial charge >= 0.3 is 5.97 Å². The van der Waals surface area contributed by atoms with Gasteiger partial charge < -0.3 is 35.1 Å². The van der Waals surface area contributed by atoms with E-state index in [1.165, 1.54) is 0 Å². The molecule has 2 aromatic rings. The highest BCUT2D eigenvalue weighted by Gasteiger charge is 2.40. The van der Waals surface area contributed by atoms with Gasteiger partial charge in [-0.05, 0) is 74.5 Å². The van der Waals surface area contributed by atoms with E-state index in [0.717, 1.165) is 11.1 Å². The van der Waals surface area contributed by atoms with Crippen molar-refractivity contribution in [1.82, 2.24) is 15.5 Å². The van der Waals surface area contributed by atoms with Crippen molar-refractivity contribution in [3.63, 3.8) is 0 Å². The van der Waals surface area contributed by atoms with Gasteiger partial charge in [0, 0.05) is 46.3 Å². The van der Waals surface area contributed by atoms with Gasteiger partial charge in [0.2, 0.25) is 5.91 Å². The maximum absolute atomic E-state index is 13.3. The number of carbonyl (C=O) groups is 4. The van der Waals surface area contributed by atoms with Crippen molar-refractivity contribution in [3.8, 4) is 11.5 Å². The number of phenols is 1. The van der Waals surface area contributed by atoms with Crippen molar-refractivity contribution in [3.05, 3.63) is 59.7 Å². The number of hydrogen-bond acceptors (Lipinski definition) is 9. The van der Waals surface area contributed by atoms with Gasteiger partial charge in [0.1, 0.15) is 11.5 Å². The number of methoxy groups -OCH3 is 1. The van der Waals surface area contributed by atoms with E-state index in [2.05, 4.69) is 15.5 Å². The van der Waals surface area contributed by atoms with Crippen LogP contribution in [0.5, 0.6) is 11.5 Å². The van der Waals surface area contributed by atoms with Crippen molar-refractivity contribution in [2.24, 2.45) is 5.41 Å². The zero-order valence-electron chi connectivity index (χ0n) is 25.6. The summed E-state index contributed by atoms with van der Waals surface area (Å²) >= 11 is 0. The number of benzene rings is 2. The summed E-state index contributed by atoms with van der Waals surface area (Å²) in [7, 11) is 1.58. The lowest BCUT2D eigenvalue weighted by molar-refractivity contribution is -0.156. The standard InChI is InChI=1S/C31H43N3O7.CH2O2/c1-3-40-30(38)31(14-18-39-2)20-24-10-12-27(13-11-24)41-22-29(37)32-15-6-17-34(16-5-9-28(36)33-23-31)21-25-7-4-8-26(35)19-25;2-1-3/h4,7-8,10-13,19,35H,3,5-6,9,14-18,20-23H2,1-2H3,(H,32,37)(H,33,36);1H,(H,2,3). The zero-order chi connectivity index (χ0) is 32.2. The molecule has 2 aliphatic heterocycles. The summed E-state index contributed by atoms with van der Waals surface area (Å²) in [6.45, 7) is 4.54. The molecule has 1 unspecified atom stereocenters. The van der Waals surface area contributed by atoms with Gasteiger partial charge in [-0.1, -0.05) is 24.3 Å². The Labute approximate surface area is 258 Å². The lowest BCUT2D eigenvalue weighted by atomic mass is 9.78. The molecular weight excluding hydrogens is 570 g/mol. The Morgan fingerprint density at radius 1 is 1.09 bits per heavy atom. The Morgan fingerprint density at radius 3 is 2.50 bits per heavy atom. The molecule has 2 aliphatic rings. The molecule has 12 heteroatoms. The highest BCUT2D eigenvalue weighted by molar-refractivity contribution is 5.80. The van der Waals surface area contributed by atoms with Crippen LogP contribution in [-0.4, -0.2) is 92.5 Å². The molecule has 0 saturated heterocycles. The molecule has 0 aromatic heterocycles. The summed E-state index contributed by atoms with van der Waals surface area (Å²) in [5, 5.41) is 22.6. The summed E-state index contributed by atoms with van der Waals surface area (Å²) in [5.74, 6) is 0.0194. The van der Waals surface area contributed by atoms with Gasteiger partial charge in [0.25, 0.3) is 12.4 Å². The van der Waals surface area contributed by atoms with Gasteiger partial charge in [-0.25, -0.2) is 0 Å². The predicted octanol–water partition coefficient (Wildman–Crippen LogP) is 2.52. The Hall–Kier alpha value is -4.16. The van der Waals surface area contributed by atoms with E-state index in [-0.39, 0.29) is 49.8 Å². The van der Waals surface area contributed by atoms with Crippen LogP contribution in [0.1, 0.15) is 43.7 Å². The van der Waals surface area contributed by atoms with Gasteiger partial charge in [0.15, 0.2) is 6.61 Å². The monoisotopic (exact) mass is 615 g/mol. The normalized spacial score (nSPS) is 18.9. The Kier molecular flexibility index (Phi) is 16.3. The lowest BCUT2D eigenvalue weighted by Gasteiger charge is -2.32. The van der Waals surface area contributed by atoms with E-state index in [1.807, 2.05) is 18.2 Å². The number of fused-ring (bicyclic) bond motifs is 17. The number of carbonyl (C=O) groups excluding carboxylic acids is 3. The summed E-state index contributed by atoms with van der Waals surface area (Å²) in [5.41, 5.74) is 0.827. The molecule has 12 nitrogen and oxygen atoms in total. The van der Waals surface area contributed by atoms with Crippen LogP contribution in [0.2, 0.25) is 0 Å². The Morgan fingerprint density at radius 2 is 1.82 bits per heavy atom. The van der Waals surface area contributed by atoms with Crippen LogP contribution in [0.15, 0.2) is 48.5 Å². The molecule has 2 heterocycles. The third kappa shape index (κ3) is 13.0. The second kappa shape index (κ2) is 19.9. The molecule has 4 rings (SSSR count). The summed E-state index contributed by atoms with van der Waals surface area (Å²) in [6.07, 6.45) is 2.33. The number of rotatable bonds is 7. The molecule has 0 spiro atoms. The highest BCUT2D eigenvalue weighted by atomic mass is 16.5. The maximum Gasteiger partial charge on any atom is 0.314 e. The van der Waals surface area contributed by atoms with Crippen molar-refractivity contribution in [2.45, 2.75) is 45.6 Å². The fraction of sp³-hybridized carbons (Fsp3) is 0.500. The Bertz CT molecular complexity index is 1180. The van der Waals surface area contributed by atoms with Crippen molar-refractivity contribution >= 4 is 24.3 Å². The van der Waals surface area contributed by atoms with Crippen LogP contribution in [0.3, 0.4) is 0 Å². The molecule has 1 atom stereocenters. The second-order valence-electron chi connectivity index (χ2n) is 10.5. The second-order valence-corrected chi connectivity index (χ2v) is 10.5. The minimum Gasteiger partial charge on any atom is -0.508 e. The maximum atomic E-state index is 13.3. The quantitative estimate of drug-likeness (QED) is 0.269. The van der Waals surface area contributed by atoms with Gasteiger partial charge in [-0.3, -0.25) is 24.1 Å². The number of amides is 2. The first-order valence-corrected chi connectivity index (χ1v) is 14.7. The fourth-order valence-corrected chi connectivity index (χ4v) is 4.89. The van der Waals surface area contributed by atoms with Crippen molar-refractivity contribution in [2.75, 3.05) is 53.1 Å². The minimum atomic E-state index is -1.01. The molecule has 2 amide bonds. The van der Waals surface area contributed by atoms with Gasteiger partial charge in [-0.2, -0.15) is 0 Å². The van der Waals surface area contributed by atoms with Crippen molar-refractivity contribution in [1.29, 1.82) is 0 Å². The molecular formula is C32H45N3O9. The van der Waals surface area contributed by atoms with E-state index in [1.54, 1.807) is 44.4 Å². The number of aromatic hydroxyl groups is 1. The van der Waals surface area contributed by atoms with Crippen LogP contribution in [0.25, 0.3) is 0 Å². The molecule has 0 radical (unpaired) electrons. The average molecular weight is 616 g/mol. The van der Waals surface area contributed by atoms with Crippen LogP contribution in [0.4, 0.5) is 0 Å². The average Bonchev–Trinajstić information content (AvgIpc) is 3.00. The molecule has 2 aromatic carbocycles. The first kappa shape index (κ1) is 36.0. The molecule has 0 fully saturated rings. The number of nitrogens with one attached hydrogen (secondary N) is 2. The van der Waals surface area contributed by atoms with Crippen LogP contribution in [0, 0.1) is 5.41 Å². The molecule has 242 valence electrons. The highest BCUT2D eigenvalue weighted by Crippen LogP contribution is 2.30. The van der Waals surface area contributed by atoms with E-state index in [0.29, 0.717) is 70.6 Å². The van der Waals surface area contributed by atoms with Gasteiger partial charge in [0.05, 0.1) is 12.0 Å². The van der Waals surface area contributed by atoms with Gasteiger partial charge in [-0.15, -0.1) is 0 Å². The van der Waals surface area contributed by atoms with Crippen LogP contribution >= 0.6 is 0 Å².